The van der Waals surface area contributed by atoms with Gasteiger partial charge in [0.15, 0.2) is 0 Å². The molecule has 0 saturated heterocycles. The minimum atomic E-state index is -3.57. The number of aryl methyl sites for hydroxylation is 2. The fourth-order valence-electron chi connectivity index (χ4n) is 2.90. The molecule has 2 aromatic rings. The predicted molar refractivity (Wildman–Crippen MR) is 113 cm³/mol. The second-order valence-corrected chi connectivity index (χ2v) is 8.60. The molecule has 0 fully saturated rings. The van der Waals surface area contributed by atoms with Gasteiger partial charge in [-0.2, -0.15) is 4.31 Å². The number of hydrogen-bond donors (Lipinski definition) is 2. The van der Waals surface area contributed by atoms with Crippen LogP contribution in [0.1, 0.15) is 35.3 Å². The Bertz CT molecular complexity index is 981. The lowest BCUT2D eigenvalue weighted by molar-refractivity contribution is -0.115. The lowest BCUT2D eigenvalue weighted by Crippen LogP contribution is -2.33. The van der Waals surface area contributed by atoms with Crippen LogP contribution in [0.4, 0.5) is 5.69 Å². The van der Waals surface area contributed by atoms with Gasteiger partial charge < -0.3 is 10.6 Å². The molecule has 156 valence electrons. The third-order valence-electron chi connectivity index (χ3n) is 4.53. The van der Waals surface area contributed by atoms with E-state index in [1.807, 2.05) is 32.0 Å². The van der Waals surface area contributed by atoms with Crippen molar-refractivity contribution in [1.82, 2.24) is 9.62 Å². The Labute approximate surface area is 172 Å². The number of nitrogens with one attached hydrogen (secondary N) is 2. The number of rotatable bonds is 8. The minimum Gasteiger partial charge on any atom is -0.343 e. The number of carbonyl (C=O) groups is 2. The summed E-state index contributed by atoms with van der Waals surface area (Å²) in [6, 6.07) is 11.4. The third kappa shape index (κ3) is 5.65. The maximum absolute atomic E-state index is 12.5. The maximum atomic E-state index is 12.5. The zero-order chi connectivity index (χ0) is 21.6. The molecule has 0 aliphatic rings. The van der Waals surface area contributed by atoms with Gasteiger partial charge >= 0.3 is 0 Å². The number of benzene rings is 2. The van der Waals surface area contributed by atoms with Crippen molar-refractivity contribution in [3.05, 3.63) is 59.2 Å². The summed E-state index contributed by atoms with van der Waals surface area (Å²) in [5, 5.41) is 5.30. The fourth-order valence-corrected chi connectivity index (χ4v) is 4.36. The molecule has 7 nitrogen and oxygen atoms in total. The van der Waals surface area contributed by atoms with Crippen LogP contribution in [0.3, 0.4) is 0 Å². The first-order valence-electron chi connectivity index (χ1n) is 9.44. The Morgan fingerprint density at radius 2 is 1.59 bits per heavy atom. The highest BCUT2D eigenvalue weighted by atomic mass is 32.2. The lowest BCUT2D eigenvalue weighted by atomic mass is 10.1. The van der Waals surface area contributed by atoms with Gasteiger partial charge in [0.1, 0.15) is 0 Å². The molecule has 0 heterocycles. The van der Waals surface area contributed by atoms with Crippen LogP contribution in [0.2, 0.25) is 0 Å². The molecule has 0 saturated carbocycles. The van der Waals surface area contributed by atoms with Crippen LogP contribution in [0.5, 0.6) is 0 Å². The largest absolute Gasteiger partial charge is 0.343 e. The number of amides is 2. The zero-order valence-electron chi connectivity index (χ0n) is 17.2. The van der Waals surface area contributed by atoms with Crippen LogP contribution in [0.25, 0.3) is 0 Å². The molecule has 0 aliphatic heterocycles. The van der Waals surface area contributed by atoms with Gasteiger partial charge in [0.25, 0.3) is 5.91 Å². The normalized spacial score (nSPS) is 11.3. The average Bonchev–Trinajstić information content (AvgIpc) is 2.69. The van der Waals surface area contributed by atoms with E-state index in [-0.39, 0.29) is 22.9 Å². The summed E-state index contributed by atoms with van der Waals surface area (Å²) >= 11 is 0. The average molecular weight is 418 g/mol. The number of nitrogens with zero attached hydrogens (tertiary/aromatic N) is 1. The molecule has 2 rings (SSSR count). The number of sulfonamides is 1. The van der Waals surface area contributed by atoms with Crippen LogP contribution >= 0.6 is 0 Å². The van der Waals surface area contributed by atoms with E-state index in [4.69, 9.17) is 0 Å². The van der Waals surface area contributed by atoms with E-state index >= 15 is 0 Å². The molecule has 0 aliphatic carbocycles. The van der Waals surface area contributed by atoms with Crippen LogP contribution in [0, 0.1) is 13.8 Å². The number of carbonyl (C=O) groups excluding carboxylic acids is 2. The van der Waals surface area contributed by atoms with Gasteiger partial charge in [-0.05, 0) is 49.7 Å². The van der Waals surface area contributed by atoms with E-state index in [1.54, 1.807) is 13.8 Å². The van der Waals surface area contributed by atoms with Gasteiger partial charge in [0.05, 0.1) is 11.4 Å². The maximum Gasteiger partial charge on any atom is 0.251 e. The number of anilines is 1. The van der Waals surface area contributed by atoms with Crippen molar-refractivity contribution in [2.75, 3.05) is 25.0 Å². The van der Waals surface area contributed by atoms with E-state index in [0.717, 1.165) is 11.1 Å². The van der Waals surface area contributed by atoms with Crippen molar-refractivity contribution >= 4 is 27.5 Å². The van der Waals surface area contributed by atoms with Crippen LogP contribution in [0.15, 0.2) is 47.4 Å². The van der Waals surface area contributed by atoms with Gasteiger partial charge in [0.2, 0.25) is 15.9 Å². The quantitative estimate of drug-likeness (QED) is 0.690. The first-order valence-corrected chi connectivity index (χ1v) is 10.9. The lowest BCUT2D eigenvalue weighted by Gasteiger charge is -2.18. The Morgan fingerprint density at radius 3 is 2.14 bits per heavy atom. The van der Waals surface area contributed by atoms with Gasteiger partial charge in [-0.25, -0.2) is 8.42 Å². The summed E-state index contributed by atoms with van der Waals surface area (Å²) < 4.78 is 26.3. The standard InChI is InChI=1S/C21H27N3O4S/c1-5-24(6-2)29(27,28)18-10-8-17(9-11-18)21(26)22-14-20(25)23-19-12-7-15(3)13-16(19)4/h7-13H,5-6,14H2,1-4H3,(H,22,26)(H,23,25). The predicted octanol–water partition coefficient (Wildman–Crippen LogP) is 2.70. The first-order chi connectivity index (χ1) is 13.7. The molecule has 0 spiro atoms. The molecule has 0 radical (unpaired) electrons. The van der Waals surface area contributed by atoms with Crippen molar-refractivity contribution in [2.45, 2.75) is 32.6 Å². The van der Waals surface area contributed by atoms with Crippen LogP contribution in [-0.2, 0) is 14.8 Å². The fraction of sp³-hybridized carbons (Fsp3) is 0.333. The van der Waals surface area contributed by atoms with E-state index in [2.05, 4.69) is 10.6 Å². The van der Waals surface area contributed by atoms with Crippen LogP contribution in [-0.4, -0.2) is 44.2 Å². The molecule has 2 N–H and O–H groups in total. The van der Waals surface area contributed by atoms with E-state index < -0.39 is 15.9 Å². The number of hydrogen-bond acceptors (Lipinski definition) is 4. The Balaban J connectivity index is 1.98. The Morgan fingerprint density at radius 1 is 0.966 bits per heavy atom. The molecule has 8 heteroatoms. The molecule has 0 bridgehead atoms. The van der Waals surface area contributed by atoms with Crippen molar-refractivity contribution in [3.8, 4) is 0 Å². The second kappa shape index (κ2) is 9.67. The molecular formula is C21H27N3O4S. The highest BCUT2D eigenvalue weighted by Gasteiger charge is 2.21. The first kappa shape index (κ1) is 22.6. The molecule has 2 amide bonds. The van der Waals surface area contributed by atoms with Crippen molar-refractivity contribution in [3.63, 3.8) is 0 Å². The van der Waals surface area contributed by atoms with Gasteiger partial charge in [-0.15, -0.1) is 0 Å². The minimum absolute atomic E-state index is 0.130. The van der Waals surface area contributed by atoms with E-state index in [1.165, 1.54) is 28.6 Å². The molecule has 0 unspecified atom stereocenters. The van der Waals surface area contributed by atoms with Crippen molar-refractivity contribution in [1.29, 1.82) is 0 Å². The topological polar surface area (TPSA) is 95.6 Å². The zero-order valence-corrected chi connectivity index (χ0v) is 18.0. The smallest absolute Gasteiger partial charge is 0.251 e. The second-order valence-electron chi connectivity index (χ2n) is 6.66. The summed E-state index contributed by atoms with van der Waals surface area (Å²) in [5.74, 6) is -0.793. The molecule has 29 heavy (non-hydrogen) atoms. The van der Waals surface area contributed by atoms with Crippen molar-refractivity contribution in [2.24, 2.45) is 0 Å². The Kier molecular flexibility index (Phi) is 7.53. The van der Waals surface area contributed by atoms with E-state index in [9.17, 15) is 18.0 Å². The van der Waals surface area contributed by atoms with Gasteiger partial charge in [-0.3, -0.25) is 9.59 Å². The summed E-state index contributed by atoms with van der Waals surface area (Å²) in [7, 11) is -3.57. The highest BCUT2D eigenvalue weighted by Crippen LogP contribution is 2.17. The third-order valence-corrected chi connectivity index (χ3v) is 6.59. The molecular weight excluding hydrogens is 390 g/mol. The highest BCUT2D eigenvalue weighted by molar-refractivity contribution is 7.89. The Hall–Kier alpha value is -2.71. The summed E-state index contributed by atoms with van der Waals surface area (Å²) in [6.45, 7) is 7.96. The molecule has 0 atom stereocenters. The monoisotopic (exact) mass is 417 g/mol. The molecule has 2 aromatic carbocycles. The van der Waals surface area contributed by atoms with Crippen molar-refractivity contribution < 1.29 is 18.0 Å². The summed E-state index contributed by atoms with van der Waals surface area (Å²) in [5.41, 5.74) is 3.01. The SMILES string of the molecule is CCN(CC)S(=O)(=O)c1ccc(C(=O)NCC(=O)Nc2ccc(C)cc2C)cc1. The van der Waals surface area contributed by atoms with Crippen LogP contribution < -0.4 is 10.6 Å². The van der Waals surface area contributed by atoms with Gasteiger partial charge in [-0.1, -0.05) is 31.5 Å². The summed E-state index contributed by atoms with van der Waals surface area (Å²) in [6.07, 6.45) is 0. The molecule has 0 aromatic heterocycles. The van der Waals surface area contributed by atoms with E-state index in [0.29, 0.717) is 18.8 Å². The van der Waals surface area contributed by atoms with Gasteiger partial charge in [0, 0.05) is 24.3 Å². The summed E-state index contributed by atoms with van der Waals surface area (Å²) in [4.78, 5) is 24.5.